The second kappa shape index (κ2) is 7.63. The zero-order valence-corrected chi connectivity index (χ0v) is 13.3. The van der Waals surface area contributed by atoms with Gasteiger partial charge in [-0.2, -0.15) is 13.2 Å². The van der Waals surface area contributed by atoms with Gasteiger partial charge in [-0.15, -0.1) is 12.4 Å². The van der Waals surface area contributed by atoms with E-state index in [1.165, 1.54) is 12.1 Å². The lowest BCUT2D eigenvalue weighted by molar-refractivity contribution is -0.137. The number of rotatable bonds is 5. The van der Waals surface area contributed by atoms with Gasteiger partial charge in [-0.1, -0.05) is 18.2 Å². The average Bonchev–Trinajstić information content (AvgIpc) is 2.88. The molecule has 2 N–H and O–H groups in total. The van der Waals surface area contributed by atoms with Crippen molar-refractivity contribution in [3.05, 3.63) is 35.4 Å². The first-order valence-electron chi connectivity index (χ1n) is 6.63. The number of halogens is 4. The molecule has 1 atom stereocenters. The third-order valence-corrected chi connectivity index (χ3v) is 4.64. The molecule has 0 aliphatic carbocycles. The topological polar surface area (TPSA) is 58.2 Å². The highest BCUT2D eigenvalue weighted by Gasteiger charge is 2.30. The van der Waals surface area contributed by atoms with E-state index in [1.807, 2.05) is 0 Å². The summed E-state index contributed by atoms with van der Waals surface area (Å²) in [7, 11) is -3.64. The quantitative estimate of drug-likeness (QED) is 0.849. The van der Waals surface area contributed by atoms with Crippen LogP contribution in [0, 0.1) is 0 Å². The first kappa shape index (κ1) is 19.2. The fourth-order valence-corrected chi connectivity index (χ4v) is 3.44. The van der Waals surface area contributed by atoms with E-state index in [4.69, 9.17) is 0 Å². The molecule has 2 rings (SSSR count). The van der Waals surface area contributed by atoms with Crippen LogP contribution in [-0.2, 0) is 22.0 Å². The number of hydrogen-bond acceptors (Lipinski definition) is 3. The van der Waals surface area contributed by atoms with Crippen LogP contribution in [0.1, 0.15) is 24.0 Å². The van der Waals surface area contributed by atoms with Crippen LogP contribution in [0.15, 0.2) is 24.3 Å². The van der Waals surface area contributed by atoms with E-state index in [2.05, 4.69) is 10.0 Å². The van der Waals surface area contributed by atoms with E-state index in [-0.39, 0.29) is 30.6 Å². The molecule has 22 heavy (non-hydrogen) atoms. The fourth-order valence-electron chi connectivity index (χ4n) is 2.27. The van der Waals surface area contributed by atoms with Crippen LogP contribution in [0.3, 0.4) is 0 Å². The Morgan fingerprint density at radius 3 is 2.64 bits per heavy atom. The third kappa shape index (κ3) is 5.75. The van der Waals surface area contributed by atoms with Gasteiger partial charge in [0.25, 0.3) is 0 Å². The lowest BCUT2D eigenvalue weighted by Gasteiger charge is -2.13. The monoisotopic (exact) mass is 358 g/mol. The van der Waals surface area contributed by atoms with Gasteiger partial charge in [-0.3, -0.25) is 0 Å². The maximum Gasteiger partial charge on any atom is 0.416 e. The Hall–Kier alpha value is -0.830. The molecule has 1 aliphatic rings. The minimum atomic E-state index is -4.47. The molecule has 1 saturated heterocycles. The molecule has 1 fully saturated rings. The Labute approximate surface area is 133 Å². The van der Waals surface area contributed by atoms with Gasteiger partial charge in [0.05, 0.1) is 11.3 Å². The van der Waals surface area contributed by atoms with Gasteiger partial charge in [0, 0.05) is 12.6 Å². The Kier molecular flexibility index (Phi) is 6.66. The highest BCUT2D eigenvalue weighted by atomic mass is 35.5. The summed E-state index contributed by atoms with van der Waals surface area (Å²) in [4.78, 5) is 0. The Morgan fingerprint density at radius 2 is 2.05 bits per heavy atom. The van der Waals surface area contributed by atoms with Crippen molar-refractivity contribution in [1.29, 1.82) is 0 Å². The number of nitrogens with one attached hydrogen (secondary N) is 2. The van der Waals surface area contributed by atoms with E-state index < -0.39 is 27.5 Å². The summed E-state index contributed by atoms with van der Waals surface area (Å²) in [6.45, 7) is 1.13. The number of alkyl halides is 3. The lowest BCUT2D eigenvalue weighted by Crippen LogP contribution is -2.37. The zero-order valence-electron chi connectivity index (χ0n) is 11.7. The van der Waals surface area contributed by atoms with Crippen molar-refractivity contribution in [1.82, 2.24) is 10.0 Å². The van der Waals surface area contributed by atoms with Gasteiger partial charge in [0.15, 0.2) is 0 Å². The van der Waals surface area contributed by atoms with Crippen molar-refractivity contribution in [2.75, 3.05) is 13.1 Å². The summed E-state index contributed by atoms with van der Waals surface area (Å²) in [5.74, 6) is -0.455. The van der Waals surface area contributed by atoms with Gasteiger partial charge in [0.2, 0.25) is 10.0 Å². The van der Waals surface area contributed by atoms with Crippen molar-refractivity contribution in [3.8, 4) is 0 Å². The van der Waals surface area contributed by atoms with E-state index in [9.17, 15) is 21.6 Å². The average molecular weight is 359 g/mol. The van der Waals surface area contributed by atoms with E-state index in [0.29, 0.717) is 0 Å². The molecule has 9 heteroatoms. The molecule has 1 aromatic rings. The van der Waals surface area contributed by atoms with Crippen molar-refractivity contribution < 1.29 is 21.6 Å². The van der Waals surface area contributed by atoms with Crippen molar-refractivity contribution in [2.45, 2.75) is 30.8 Å². The van der Waals surface area contributed by atoms with Crippen LogP contribution < -0.4 is 10.0 Å². The highest BCUT2D eigenvalue weighted by Crippen LogP contribution is 2.29. The number of sulfonamides is 1. The summed E-state index contributed by atoms with van der Waals surface area (Å²) < 4.78 is 64.0. The smallest absolute Gasteiger partial charge is 0.313 e. The predicted molar refractivity (Wildman–Crippen MR) is 80.3 cm³/mol. The normalized spacial score (nSPS) is 19.0. The minimum absolute atomic E-state index is 0. The summed E-state index contributed by atoms with van der Waals surface area (Å²) >= 11 is 0. The maximum atomic E-state index is 12.6. The second-order valence-corrected chi connectivity index (χ2v) is 6.91. The van der Waals surface area contributed by atoms with E-state index in [1.54, 1.807) is 0 Å². The Bertz CT molecular complexity index is 587. The molecule has 0 radical (unpaired) electrons. The molecule has 126 valence electrons. The molecule has 4 nitrogen and oxygen atoms in total. The molecule has 0 aromatic heterocycles. The van der Waals surface area contributed by atoms with Gasteiger partial charge in [-0.05, 0) is 31.0 Å². The van der Waals surface area contributed by atoms with Crippen molar-refractivity contribution in [3.63, 3.8) is 0 Å². The summed E-state index contributed by atoms with van der Waals surface area (Å²) in [5.41, 5.74) is -0.718. The van der Waals surface area contributed by atoms with Gasteiger partial charge < -0.3 is 5.32 Å². The molecule has 0 amide bonds. The standard InChI is InChI=1S/C13H17F3N2O2S.ClH/c14-13(15,16)11-4-1-3-10(7-11)9-21(19,20)18-8-12-5-2-6-17-12;/h1,3-4,7,12,17-18H,2,5-6,8-9H2;1H. The molecule has 1 aliphatic heterocycles. The molecule has 1 aromatic carbocycles. The van der Waals surface area contributed by atoms with Crippen LogP contribution in [0.2, 0.25) is 0 Å². The SMILES string of the molecule is Cl.O=S(=O)(Cc1cccc(C(F)(F)F)c1)NCC1CCCN1. The van der Waals surface area contributed by atoms with E-state index in [0.717, 1.165) is 31.5 Å². The maximum absolute atomic E-state index is 12.6. The summed E-state index contributed by atoms with van der Waals surface area (Å²) in [6, 6.07) is 4.48. The second-order valence-electron chi connectivity index (χ2n) is 5.10. The van der Waals surface area contributed by atoms with E-state index >= 15 is 0 Å². The zero-order chi connectivity index (χ0) is 15.5. The number of benzene rings is 1. The van der Waals surface area contributed by atoms with Gasteiger partial charge in [0.1, 0.15) is 0 Å². The molecular weight excluding hydrogens is 341 g/mol. The molecule has 1 unspecified atom stereocenters. The van der Waals surface area contributed by atoms with Crippen LogP contribution in [0.5, 0.6) is 0 Å². The molecule has 0 spiro atoms. The van der Waals surface area contributed by atoms with Crippen molar-refractivity contribution >= 4 is 22.4 Å². The van der Waals surface area contributed by atoms with Crippen molar-refractivity contribution in [2.24, 2.45) is 0 Å². The Balaban J connectivity index is 0.00000242. The highest BCUT2D eigenvalue weighted by molar-refractivity contribution is 7.88. The molecular formula is C13H18ClF3N2O2S. The molecule has 0 saturated carbocycles. The van der Waals surface area contributed by atoms with Crippen LogP contribution in [0.4, 0.5) is 13.2 Å². The van der Waals surface area contributed by atoms with Crippen LogP contribution in [0.25, 0.3) is 0 Å². The predicted octanol–water partition coefficient (Wildman–Crippen LogP) is 2.30. The summed E-state index contributed by atoms with van der Waals surface area (Å²) in [6.07, 6.45) is -2.58. The third-order valence-electron chi connectivity index (χ3n) is 3.32. The molecule has 0 bridgehead atoms. The lowest BCUT2D eigenvalue weighted by atomic mass is 10.1. The van der Waals surface area contributed by atoms with Crippen LogP contribution in [-0.4, -0.2) is 27.5 Å². The van der Waals surface area contributed by atoms with Crippen LogP contribution >= 0.6 is 12.4 Å². The van der Waals surface area contributed by atoms with Gasteiger partial charge >= 0.3 is 6.18 Å². The summed E-state index contributed by atoms with van der Waals surface area (Å²) in [5, 5.41) is 3.15. The Morgan fingerprint density at radius 1 is 1.32 bits per heavy atom. The minimum Gasteiger partial charge on any atom is -0.313 e. The first-order valence-corrected chi connectivity index (χ1v) is 8.28. The molecule has 1 heterocycles. The fraction of sp³-hybridized carbons (Fsp3) is 0.538. The first-order chi connectivity index (χ1) is 9.76. The van der Waals surface area contributed by atoms with Gasteiger partial charge in [-0.25, -0.2) is 13.1 Å². The number of hydrogen-bond donors (Lipinski definition) is 2. The largest absolute Gasteiger partial charge is 0.416 e.